The lowest BCUT2D eigenvalue weighted by atomic mass is 10.0. The molecule has 1 fully saturated rings. The van der Waals surface area contributed by atoms with Crippen molar-refractivity contribution in [1.82, 2.24) is 14.5 Å². The molecule has 2 aromatic carbocycles. The highest BCUT2D eigenvalue weighted by molar-refractivity contribution is 7.98. The maximum atomic E-state index is 13.2. The number of thioether (sulfide) groups is 1. The Morgan fingerprint density at radius 3 is 2.41 bits per heavy atom. The summed E-state index contributed by atoms with van der Waals surface area (Å²) in [6.07, 6.45) is 1.96. The number of pyridine rings is 1. The van der Waals surface area contributed by atoms with Crippen molar-refractivity contribution in [2.24, 2.45) is 0 Å². The van der Waals surface area contributed by atoms with Crippen LogP contribution in [0.5, 0.6) is 0 Å². The zero-order valence-corrected chi connectivity index (χ0v) is 18.8. The molecule has 0 atom stereocenters. The van der Waals surface area contributed by atoms with Crippen molar-refractivity contribution in [3.05, 3.63) is 75.7 Å². The van der Waals surface area contributed by atoms with Crippen LogP contribution in [0.4, 0.5) is 0 Å². The molecule has 2 aromatic heterocycles. The van der Waals surface area contributed by atoms with Crippen LogP contribution in [0.1, 0.15) is 47.4 Å². The Morgan fingerprint density at radius 1 is 1.06 bits per heavy atom. The summed E-state index contributed by atoms with van der Waals surface area (Å²) in [5.41, 5.74) is 3.52. The summed E-state index contributed by atoms with van der Waals surface area (Å²) in [6, 6.07) is 15.4. The summed E-state index contributed by atoms with van der Waals surface area (Å²) >= 11 is 1.45. The Morgan fingerprint density at radius 2 is 1.72 bits per heavy atom. The molecule has 0 radical (unpaired) electrons. The average molecular weight is 446 g/mol. The summed E-state index contributed by atoms with van der Waals surface area (Å²) in [5, 5.41) is 2.23. The van der Waals surface area contributed by atoms with Gasteiger partial charge in [-0.05, 0) is 50.5 Å². The van der Waals surface area contributed by atoms with Crippen LogP contribution in [-0.2, 0) is 10.5 Å². The third kappa shape index (κ3) is 3.66. The Balaban J connectivity index is 1.59. The molecule has 0 saturated heterocycles. The normalized spacial score (nSPS) is 13.6. The fourth-order valence-corrected chi connectivity index (χ4v) is 5.04. The summed E-state index contributed by atoms with van der Waals surface area (Å²) in [4.78, 5) is 35.5. The van der Waals surface area contributed by atoms with E-state index < -0.39 is 0 Å². The van der Waals surface area contributed by atoms with Crippen LogP contribution in [0.25, 0.3) is 21.8 Å². The molecular formula is C25H23N3O3S. The van der Waals surface area contributed by atoms with E-state index in [1.807, 2.05) is 60.0 Å². The van der Waals surface area contributed by atoms with Gasteiger partial charge in [0.15, 0.2) is 5.16 Å². The number of para-hydroxylation sites is 2. The number of fused-ring (bicyclic) bond motifs is 2. The first-order valence-corrected chi connectivity index (χ1v) is 11.8. The van der Waals surface area contributed by atoms with Crippen LogP contribution in [0.15, 0.2) is 58.5 Å². The SMILES string of the molecule is CCOC(=O)c1c(CSc2nc3ccccc3c(=O)n2C2CC2)nc2ccccc2c1C. The third-order valence-corrected chi connectivity index (χ3v) is 6.70. The van der Waals surface area contributed by atoms with E-state index >= 15 is 0 Å². The Labute approximate surface area is 189 Å². The number of aryl methyl sites for hydroxylation is 1. The third-order valence-electron chi connectivity index (χ3n) is 5.73. The van der Waals surface area contributed by atoms with Crippen molar-refractivity contribution >= 4 is 39.5 Å². The number of hydrogen-bond donors (Lipinski definition) is 0. The van der Waals surface area contributed by atoms with Gasteiger partial charge in [-0.15, -0.1) is 0 Å². The van der Waals surface area contributed by atoms with Crippen molar-refractivity contribution in [2.75, 3.05) is 6.61 Å². The molecule has 6 nitrogen and oxygen atoms in total. The highest BCUT2D eigenvalue weighted by Crippen LogP contribution is 2.38. The quantitative estimate of drug-likeness (QED) is 0.235. The van der Waals surface area contributed by atoms with Crippen molar-refractivity contribution in [3.63, 3.8) is 0 Å². The van der Waals surface area contributed by atoms with Crippen molar-refractivity contribution in [2.45, 2.75) is 43.6 Å². The van der Waals surface area contributed by atoms with Gasteiger partial charge in [-0.25, -0.2) is 9.78 Å². The van der Waals surface area contributed by atoms with Crippen LogP contribution >= 0.6 is 11.8 Å². The standard InChI is InChI=1S/C25H23N3O3S/c1-3-31-24(30)22-15(2)17-8-4-6-10-19(17)26-21(22)14-32-25-27-20-11-7-5-9-18(20)23(29)28(25)16-12-13-16/h4-11,16H,3,12-14H2,1-2H3. The second-order valence-corrected chi connectivity index (χ2v) is 8.85. The van der Waals surface area contributed by atoms with Crippen LogP contribution < -0.4 is 5.56 Å². The molecule has 0 bridgehead atoms. The minimum atomic E-state index is -0.370. The molecule has 1 aliphatic rings. The van der Waals surface area contributed by atoms with Crippen molar-refractivity contribution in [3.8, 4) is 0 Å². The van der Waals surface area contributed by atoms with Gasteiger partial charge >= 0.3 is 5.97 Å². The molecule has 32 heavy (non-hydrogen) atoms. The number of carbonyl (C=O) groups excluding carboxylic acids is 1. The van der Waals surface area contributed by atoms with E-state index in [-0.39, 0.29) is 17.6 Å². The van der Waals surface area contributed by atoms with Gasteiger partial charge in [-0.3, -0.25) is 14.3 Å². The summed E-state index contributed by atoms with van der Waals surface area (Å²) in [7, 11) is 0. The molecule has 0 aliphatic heterocycles. The number of rotatable bonds is 6. The topological polar surface area (TPSA) is 74.1 Å². The summed E-state index contributed by atoms with van der Waals surface area (Å²) < 4.78 is 7.15. The molecule has 162 valence electrons. The van der Waals surface area contributed by atoms with E-state index in [0.717, 1.165) is 29.3 Å². The molecule has 0 spiro atoms. The second-order valence-electron chi connectivity index (χ2n) is 7.90. The van der Waals surface area contributed by atoms with Gasteiger partial charge in [0, 0.05) is 17.2 Å². The number of ether oxygens (including phenoxy) is 1. The molecule has 0 unspecified atom stereocenters. The number of benzene rings is 2. The van der Waals surface area contributed by atoms with E-state index in [9.17, 15) is 9.59 Å². The lowest BCUT2D eigenvalue weighted by Gasteiger charge is -2.15. The van der Waals surface area contributed by atoms with Crippen LogP contribution in [0, 0.1) is 6.92 Å². The lowest BCUT2D eigenvalue weighted by Crippen LogP contribution is -2.22. The van der Waals surface area contributed by atoms with Gasteiger partial charge < -0.3 is 4.74 Å². The Kier molecular flexibility index (Phi) is 5.43. The van der Waals surface area contributed by atoms with Gasteiger partial charge in [0.25, 0.3) is 5.56 Å². The zero-order valence-electron chi connectivity index (χ0n) is 18.0. The number of hydrogen-bond acceptors (Lipinski definition) is 6. The minimum absolute atomic E-state index is 0.00568. The van der Waals surface area contributed by atoms with Gasteiger partial charge in [0.05, 0.1) is 34.3 Å². The van der Waals surface area contributed by atoms with Crippen LogP contribution in [0.2, 0.25) is 0 Å². The number of nitrogens with zero attached hydrogens (tertiary/aromatic N) is 3. The summed E-state index contributed by atoms with van der Waals surface area (Å²) in [5.74, 6) is 0.0436. The molecule has 2 heterocycles. The predicted molar refractivity (Wildman–Crippen MR) is 126 cm³/mol. The Hall–Kier alpha value is -3.19. The molecule has 4 aromatic rings. The molecule has 1 aliphatic carbocycles. The fourth-order valence-electron chi connectivity index (χ4n) is 4.03. The summed E-state index contributed by atoms with van der Waals surface area (Å²) in [6.45, 7) is 4.02. The highest BCUT2D eigenvalue weighted by Gasteiger charge is 2.29. The predicted octanol–water partition coefficient (Wildman–Crippen LogP) is 5.06. The molecule has 0 N–H and O–H groups in total. The first-order chi connectivity index (χ1) is 15.6. The van der Waals surface area contributed by atoms with Crippen molar-refractivity contribution in [1.29, 1.82) is 0 Å². The van der Waals surface area contributed by atoms with E-state index in [0.29, 0.717) is 39.7 Å². The smallest absolute Gasteiger partial charge is 0.340 e. The Bertz CT molecular complexity index is 1410. The highest BCUT2D eigenvalue weighted by atomic mass is 32.2. The van der Waals surface area contributed by atoms with Crippen LogP contribution in [0.3, 0.4) is 0 Å². The fraction of sp³-hybridized carbons (Fsp3) is 0.280. The largest absolute Gasteiger partial charge is 0.462 e. The van der Waals surface area contributed by atoms with E-state index in [2.05, 4.69) is 0 Å². The first kappa shape index (κ1) is 20.7. The molecule has 0 amide bonds. The number of aromatic nitrogens is 3. The van der Waals surface area contributed by atoms with Crippen LogP contribution in [-0.4, -0.2) is 27.1 Å². The number of esters is 1. The second kappa shape index (κ2) is 8.39. The first-order valence-electron chi connectivity index (χ1n) is 10.8. The lowest BCUT2D eigenvalue weighted by molar-refractivity contribution is 0.0524. The van der Waals surface area contributed by atoms with Crippen molar-refractivity contribution < 1.29 is 9.53 Å². The van der Waals surface area contributed by atoms with Gasteiger partial charge in [0.1, 0.15) is 0 Å². The zero-order chi connectivity index (χ0) is 22.2. The molecule has 5 rings (SSSR count). The number of carbonyl (C=O) groups is 1. The van der Waals surface area contributed by atoms with E-state index in [1.165, 1.54) is 11.8 Å². The molecule has 7 heteroatoms. The monoisotopic (exact) mass is 445 g/mol. The van der Waals surface area contributed by atoms with Gasteiger partial charge in [-0.2, -0.15) is 0 Å². The van der Waals surface area contributed by atoms with E-state index in [1.54, 1.807) is 6.92 Å². The van der Waals surface area contributed by atoms with E-state index in [4.69, 9.17) is 14.7 Å². The molecular weight excluding hydrogens is 422 g/mol. The maximum absolute atomic E-state index is 13.2. The van der Waals surface area contributed by atoms with Gasteiger partial charge in [0.2, 0.25) is 0 Å². The average Bonchev–Trinajstić information content (AvgIpc) is 3.63. The minimum Gasteiger partial charge on any atom is -0.462 e. The van der Waals surface area contributed by atoms with Gasteiger partial charge in [-0.1, -0.05) is 42.1 Å². The maximum Gasteiger partial charge on any atom is 0.340 e. The molecule has 1 saturated carbocycles.